The smallest absolute Gasteiger partial charge is 0.319 e. The molecule has 1 unspecified atom stereocenters. The number of carboxylic acid groups (broad SMARTS) is 1. The molecule has 5 heteroatoms. The molecule has 2 N–H and O–H groups in total. The number of rotatable bonds is 5. The monoisotopic (exact) mass is 267 g/mol. The molecule has 1 amide bonds. The number of carbonyl (C=O) groups is 2. The maximum atomic E-state index is 12.1. The number of amides is 1. The first-order valence-corrected chi connectivity index (χ1v) is 6.93. The molecule has 1 aliphatic carbocycles. The predicted molar refractivity (Wildman–Crippen MR) is 69.3 cm³/mol. The number of thiophene rings is 1. The van der Waals surface area contributed by atoms with E-state index in [4.69, 9.17) is 5.11 Å². The van der Waals surface area contributed by atoms with Crippen LogP contribution in [0.4, 0.5) is 0 Å². The van der Waals surface area contributed by atoms with Gasteiger partial charge in [-0.2, -0.15) is 0 Å². The summed E-state index contributed by atoms with van der Waals surface area (Å²) in [5, 5.41) is 14.0. The fourth-order valence-electron chi connectivity index (χ4n) is 1.98. The summed E-state index contributed by atoms with van der Waals surface area (Å²) in [6, 6.07) is 3.80. The number of carbonyl (C=O) groups excluding carboxylic acids is 1. The summed E-state index contributed by atoms with van der Waals surface area (Å²) in [5.74, 6) is -1.12. The van der Waals surface area contributed by atoms with Crippen LogP contribution in [0, 0.1) is 11.3 Å². The zero-order valence-electron chi connectivity index (χ0n) is 10.5. The van der Waals surface area contributed by atoms with Crippen LogP contribution in [-0.2, 0) is 9.59 Å². The minimum absolute atomic E-state index is 0.102. The van der Waals surface area contributed by atoms with E-state index in [2.05, 4.69) is 5.32 Å². The number of carboxylic acids is 1. The molecule has 98 valence electrons. The highest BCUT2D eigenvalue weighted by atomic mass is 32.1. The summed E-state index contributed by atoms with van der Waals surface area (Å²) in [6.07, 6.45) is 0.896. The van der Waals surface area contributed by atoms with Gasteiger partial charge in [-0.3, -0.25) is 9.59 Å². The van der Waals surface area contributed by atoms with Crippen molar-refractivity contribution in [2.75, 3.05) is 0 Å². The summed E-state index contributed by atoms with van der Waals surface area (Å²) in [7, 11) is 0. The van der Waals surface area contributed by atoms with Gasteiger partial charge in [0.1, 0.15) is 5.41 Å². The van der Waals surface area contributed by atoms with E-state index in [9.17, 15) is 9.59 Å². The van der Waals surface area contributed by atoms with Gasteiger partial charge in [-0.1, -0.05) is 19.9 Å². The van der Waals surface area contributed by atoms with Crippen LogP contribution in [0.1, 0.15) is 37.6 Å². The normalized spacial score (nSPS) is 18.4. The van der Waals surface area contributed by atoms with Gasteiger partial charge in [0.05, 0.1) is 6.04 Å². The van der Waals surface area contributed by atoms with Crippen LogP contribution in [0.25, 0.3) is 0 Å². The second kappa shape index (κ2) is 4.72. The maximum absolute atomic E-state index is 12.1. The molecular formula is C13H17NO3S. The van der Waals surface area contributed by atoms with Gasteiger partial charge in [0.2, 0.25) is 5.91 Å². The summed E-state index contributed by atoms with van der Waals surface area (Å²) >= 11 is 1.58. The maximum Gasteiger partial charge on any atom is 0.319 e. The molecule has 1 aliphatic rings. The molecule has 0 aliphatic heterocycles. The highest BCUT2D eigenvalue weighted by Gasteiger charge is 2.57. The van der Waals surface area contributed by atoms with Crippen molar-refractivity contribution in [2.24, 2.45) is 11.3 Å². The van der Waals surface area contributed by atoms with Crippen molar-refractivity contribution in [1.29, 1.82) is 0 Å². The molecule has 2 rings (SSSR count). The third kappa shape index (κ3) is 2.27. The Kier molecular flexibility index (Phi) is 3.43. The van der Waals surface area contributed by atoms with E-state index in [1.54, 1.807) is 11.3 Å². The quantitative estimate of drug-likeness (QED) is 0.805. The van der Waals surface area contributed by atoms with Crippen molar-refractivity contribution >= 4 is 23.2 Å². The van der Waals surface area contributed by atoms with E-state index in [0.29, 0.717) is 12.8 Å². The number of aliphatic carboxylic acids is 1. The highest BCUT2D eigenvalue weighted by Crippen LogP contribution is 2.46. The molecule has 1 aromatic heterocycles. The first-order valence-electron chi connectivity index (χ1n) is 6.05. The van der Waals surface area contributed by atoms with Gasteiger partial charge >= 0.3 is 5.97 Å². The Morgan fingerprint density at radius 3 is 2.50 bits per heavy atom. The molecule has 1 aromatic rings. The second-order valence-electron chi connectivity index (χ2n) is 5.10. The van der Waals surface area contributed by atoms with Crippen LogP contribution in [0.3, 0.4) is 0 Å². The topological polar surface area (TPSA) is 66.4 Å². The Hall–Kier alpha value is -1.36. The molecule has 0 saturated heterocycles. The molecule has 0 aromatic carbocycles. The lowest BCUT2D eigenvalue weighted by Gasteiger charge is -2.23. The van der Waals surface area contributed by atoms with E-state index < -0.39 is 11.4 Å². The molecule has 1 saturated carbocycles. The highest BCUT2D eigenvalue weighted by molar-refractivity contribution is 7.10. The van der Waals surface area contributed by atoms with Gasteiger partial charge in [0.15, 0.2) is 0 Å². The van der Waals surface area contributed by atoms with Crippen molar-refractivity contribution in [1.82, 2.24) is 5.32 Å². The van der Waals surface area contributed by atoms with E-state index >= 15 is 0 Å². The van der Waals surface area contributed by atoms with Crippen LogP contribution in [0.2, 0.25) is 0 Å². The van der Waals surface area contributed by atoms with Gasteiger partial charge in [-0.15, -0.1) is 11.3 Å². The molecule has 1 heterocycles. The molecule has 1 atom stereocenters. The minimum Gasteiger partial charge on any atom is -0.480 e. The third-order valence-electron chi connectivity index (χ3n) is 3.40. The molecule has 0 bridgehead atoms. The van der Waals surface area contributed by atoms with Gasteiger partial charge in [-0.05, 0) is 30.2 Å². The Bertz CT molecular complexity index is 449. The van der Waals surface area contributed by atoms with E-state index in [1.165, 1.54) is 0 Å². The average molecular weight is 267 g/mol. The molecule has 0 radical (unpaired) electrons. The predicted octanol–water partition coefficient (Wildman–Crippen LogP) is 2.43. The fraction of sp³-hybridized carbons (Fsp3) is 0.538. The minimum atomic E-state index is -1.16. The lowest BCUT2D eigenvalue weighted by molar-refractivity contribution is -0.149. The fourth-order valence-corrected chi connectivity index (χ4v) is 2.93. The number of nitrogens with one attached hydrogen (secondary N) is 1. The number of hydrogen-bond acceptors (Lipinski definition) is 3. The van der Waals surface area contributed by atoms with Crippen LogP contribution < -0.4 is 5.32 Å². The summed E-state index contributed by atoms with van der Waals surface area (Å²) in [5.41, 5.74) is -1.16. The van der Waals surface area contributed by atoms with Crippen molar-refractivity contribution < 1.29 is 14.7 Å². The zero-order valence-corrected chi connectivity index (χ0v) is 11.3. The van der Waals surface area contributed by atoms with Crippen molar-refractivity contribution in [3.63, 3.8) is 0 Å². The van der Waals surface area contributed by atoms with Crippen LogP contribution in [-0.4, -0.2) is 17.0 Å². The van der Waals surface area contributed by atoms with Crippen LogP contribution >= 0.6 is 11.3 Å². The lowest BCUT2D eigenvalue weighted by Crippen LogP contribution is -2.40. The van der Waals surface area contributed by atoms with Gasteiger partial charge in [0.25, 0.3) is 0 Å². The van der Waals surface area contributed by atoms with Gasteiger partial charge in [0, 0.05) is 4.88 Å². The first kappa shape index (κ1) is 13.1. The lowest BCUT2D eigenvalue weighted by atomic mass is 10.00. The number of hydrogen-bond donors (Lipinski definition) is 2. The van der Waals surface area contributed by atoms with Crippen LogP contribution in [0.15, 0.2) is 17.5 Å². The summed E-state index contributed by atoms with van der Waals surface area (Å²) in [4.78, 5) is 24.3. The molecule has 4 nitrogen and oxygen atoms in total. The van der Waals surface area contributed by atoms with E-state index in [-0.39, 0.29) is 17.9 Å². The standard InChI is InChI=1S/C13H17NO3S/c1-8(2)10(9-4-3-7-18-9)14-11(15)13(5-6-13)12(16)17/h3-4,7-8,10H,5-6H2,1-2H3,(H,14,15)(H,16,17). The zero-order chi connectivity index (χ0) is 13.3. The Morgan fingerprint density at radius 2 is 2.11 bits per heavy atom. The van der Waals surface area contributed by atoms with Gasteiger partial charge in [-0.25, -0.2) is 0 Å². The molecule has 0 spiro atoms. The second-order valence-corrected chi connectivity index (χ2v) is 6.08. The summed E-state index contributed by atoms with van der Waals surface area (Å²) in [6.45, 7) is 4.04. The molecular weight excluding hydrogens is 250 g/mol. The third-order valence-corrected chi connectivity index (χ3v) is 4.35. The van der Waals surface area contributed by atoms with Gasteiger partial charge < -0.3 is 10.4 Å². The SMILES string of the molecule is CC(C)C(NC(=O)C1(C(=O)O)CC1)c1cccs1. The van der Waals surface area contributed by atoms with E-state index in [0.717, 1.165) is 4.88 Å². The van der Waals surface area contributed by atoms with E-state index in [1.807, 2.05) is 31.4 Å². The molecule has 18 heavy (non-hydrogen) atoms. The van der Waals surface area contributed by atoms with Crippen molar-refractivity contribution in [3.8, 4) is 0 Å². The Morgan fingerprint density at radius 1 is 1.44 bits per heavy atom. The summed E-state index contributed by atoms with van der Waals surface area (Å²) < 4.78 is 0. The first-order chi connectivity index (χ1) is 8.47. The Labute approximate surface area is 110 Å². The molecule has 1 fully saturated rings. The Balaban J connectivity index is 2.11. The largest absolute Gasteiger partial charge is 0.480 e. The average Bonchev–Trinajstić information content (AvgIpc) is 2.96. The van der Waals surface area contributed by atoms with Crippen molar-refractivity contribution in [3.05, 3.63) is 22.4 Å². The van der Waals surface area contributed by atoms with Crippen molar-refractivity contribution in [2.45, 2.75) is 32.7 Å². The van der Waals surface area contributed by atoms with Crippen LogP contribution in [0.5, 0.6) is 0 Å².